The van der Waals surface area contributed by atoms with Crippen LogP contribution >= 0.6 is 0 Å². The van der Waals surface area contributed by atoms with Gasteiger partial charge in [0.2, 0.25) is 0 Å². The zero-order valence-corrected chi connectivity index (χ0v) is 10.9. The molecule has 5 nitrogen and oxygen atoms in total. The lowest BCUT2D eigenvalue weighted by molar-refractivity contribution is 0.242. The highest BCUT2D eigenvalue weighted by Gasteiger charge is 2.19. The van der Waals surface area contributed by atoms with E-state index in [0.717, 1.165) is 18.3 Å². The third kappa shape index (κ3) is 3.54. The molecular weight excluding hydrogens is 242 g/mol. The molecule has 1 aliphatic rings. The molecule has 1 aromatic carbocycles. The van der Waals surface area contributed by atoms with Crippen LogP contribution in [0, 0.1) is 6.92 Å². The molecule has 0 spiro atoms. The van der Waals surface area contributed by atoms with Crippen LogP contribution in [0.15, 0.2) is 28.8 Å². The van der Waals surface area contributed by atoms with Crippen LogP contribution in [0.3, 0.4) is 0 Å². The standard InChI is InChI=1S/C14H17N3O2/c1-10-16-14(19-17-10)9-18-13-6-2-11(3-7-13)8-15-12-4-5-12/h2-3,6-7,12,15H,4-5,8-9H2,1H3. The van der Waals surface area contributed by atoms with E-state index in [1.165, 1.54) is 18.4 Å². The number of hydrogen-bond acceptors (Lipinski definition) is 5. The Kier molecular flexibility index (Phi) is 3.46. The molecule has 2 aromatic rings. The van der Waals surface area contributed by atoms with Crippen molar-refractivity contribution < 1.29 is 9.26 Å². The first-order valence-corrected chi connectivity index (χ1v) is 6.54. The van der Waals surface area contributed by atoms with Gasteiger partial charge in [-0.2, -0.15) is 4.98 Å². The van der Waals surface area contributed by atoms with E-state index in [9.17, 15) is 0 Å². The summed E-state index contributed by atoms with van der Waals surface area (Å²) in [6.07, 6.45) is 2.62. The van der Waals surface area contributed by atoms with Gasteiger partial charge in [-0.1, -0.05) is 17.3 Å². The lowest BCUT2D eigenvalue weighted by atomic mass is 10.2. The van der Waals surface area contributed by atoms with Crippen molar-refractivity contribution in [3.63, 3.8) is 0 Å². The summed E-state index contributed by atoms with van der Waals surface area (Å²) in [7, 11) is 0. The maximum Gasteiger partial charge on any atom is 0.264 e. The first-order chi connectivity index (χ1) is 9.29. The van der Waals surface area contributed by atoms with Gasteiger partial charge in [0.15, 0.2) is 12.4 Å². The van der Waals surface area contributed by atoms with Crippen molar-refractivity contribution in [1.82, 2.24) is 15.5 Å². The number of nitrogens with one attached hydrogen (secondary N) is 1. The summed E-state index contributed by atoms with van der Waals surface area (Å²) in [5, 5.41) is 7.19. The van der Waals surface area contributed by atoms with Crippen LogP contribution in [0.5, 0.6) is 5.75 Å². The topological polar surface area (TPSA) is 60.2 Å². The Balaban J connectivity index is 1.50. The second-order valence-corrected chi connectivity index (χ2v) is 4.82. The lowest BCUT2D eigenvalue weighted by Crippen LogP contribution is -2.15. The zero-order valence-electron chi connectivity index (χ0n) is 10.9. The average Bonchev–Trinajstić information content (AvgIpc) is 3.17. The minimum absolute atomic E-state index is 0.306. The summed E-state index contributed by atoms with van der Waals surface area (Å²) in [4.78, 5) is 4.09. The highest BCUT2D eigenvalue weighted by atomic mass is 16.5. The molecule has 5 heteroatoms. The van der Waals surface area contributed by atoms with Gasteiger partial charge in [0.05, 0.1) is 0 Å². The maximum absolute atomic E-state index is 5.58. The van der Waals surface area contributed by atoms with E-state index in [4.69, 9.17) is 9.26 Å². The van der Waals surface area contributed by atoms with Crippen LogP contribution in [-0.4, -0.2) is 16.2 Å². The number of aromatic nitrogens is 2. The fourth-order valence-electron chi connectivity index (χ4n) is 1.80. The lowest BCUT2D eigenvalue weighted by Gasteiger charge is -2.06. The van der Waals surface area contributed by atoms with Crippen molar-refractivity contribution in [1.29, 1.82) is 0 Å². The van der Waals surface area contributed by atoms with Gasteiger partial charge in [-0.25, -0.2) is 0 Å². The third-order valence-corrected chi connectivity index (χ3v) is 3.03. The number of rotatable bonds is 6. The molecule has 0 aliphatic heterocycles. The Morgan fingerprint density at radius 3 is 2.74 bits per heavy atom. The third-order valence-electron chi connectivity index (χ3n) is 3.03. The molecule has 1 saturated carbocycles. The Morgan fingerprint density at radius 2 is 2.11 bits per heavy atom. The van der Waals surface area contributed by atoms with Crippen LogP contribution in [-0.2, 0) is 13.2 Å². The second kappa shape index (κ2) is 5.40. The van der Waals surface area contributed by atoms with Gasteiger partial charge in [0, 0.05) is 12.6 Å². The molecule has 0 amide bonds. The molecule has 1 heterocycles. The maximum atomic E-state index is 5.58. The van der Waals surface area contributed by atoms with Gasteiger partial charge in [-0.15, -0.1) is 0 Å². The zero-order chi connectivity index (χ0) is 13.1. The summed E-state index contributed by atoms with van der Waals surface area (Å²) in [5.41, 5.74) is 1.27. The fourth-order valence-corrected chi connectivity index (χ4v) is 1.80. The van der Waals surface area contributed by atoms with E-state index in [0.29, 0.717) is 18.3 Å². The summed E-state index contributed by atoms with van der Waals surface area (Å²) in [6, 6.07) is 8.81. The van der Waals surface area contributed by atoms with E-state index in [1.54, 1.807) is 6.92 Å². The van der Waals surface area contributed by atoms with Gasteiger partial charge in [0.1, 0.15) is 5.75 Å². The van der Waals surface area contributed by atoms with Crippen molar-refractivity contribution in [3.8, 4) is 5.75 Å². The summed E-state index contributed by atoms with van der Waals surface area (Å²) in [5.74, 6) is 1.93. The van der Waals surface area contributed by atoms with E-state index >= 15 is 0 Å². The van der Waals surface area contributed by atoms with Crippen molar-refractivity contribution in [3.05, 3.63) is 41.5 Å². The average molecular weight is 259 g/mol. The molecule has 1 aromatic heterocycles. The van der Waals surface area contributed by atoms with E-state index in [2.05, 4.69) is 27.6 Å². The molecule has 3 rings (SSSR count). The van der Waals surface area contributed by atoms with Crippen molar-refractivity contribution in [2.45, 2.75) is 39.0 Å². The number of ether oxygens (including phenoxy) is 1. The SMILES string of the molecule is Cc1noc(COc2ccc(CNC3CC3)cc2)n1. The smallest absolute Gasteiger partial charge is 0.264 e. The van der Waals surface area contributed by atoms with Gasteiger partial charge in [-0.05, 0) is 37.5 Å². The Morgan fingerprint density at radius 1 is 1.32 bits per heavy atom. The predicted molar refractivity (Wildman–Crippen MR) is 69.7 cm³/mol. The van der Waals surface area contributed by atoms with Crippen molar-refractivity contribution >= 4 is 0 Å². The van der Waals surface area contributed by atoms with Crippen LogP contribution < -0.4 is 10.1 Å². The molecule has 0 saturated heterocycles. The minimum Gasteiger partial charge on any atom is -0.484 e. The highest BCUT2D eigenvalue weighted by Crippen LogP contribution is 2.20. The van der Waals surface area contributed by atoms with Gasteiger partial charge in [0.25, 0.3) is 5.89 Å². The molecule has 0 atom stereocenters. The molecule has 0 bridgehead atoms. The van der Waals surface area contributed by atoms with Crippen molar-refractivity contribution in [2.75, 3.05) is 0 Å². The van der Waals surface area contributed by atoms with E-state index < -0.39 is 0 Å². The van der Waals surface area contributed by atoms with Gasteiger partial charge in [-0.3, -0.25) is 0 Å². The molecule has 0 radical (unpaired) electrons. The normalized spacial score (nSPS) is 14.6. The Hall–Kier alpha value is -1.88. The summed E-state index contributed by atoms with van der Waals surface area (Å²) in [6.45, 7) is 3.02. The quantitative estimate of drug-likeness (QED) is 0.861. The van der Waals surface area contributed by atoms with Crippen LogP contribution in [0.25, 0.3) is 0 Å². The van der Waals surface area contributed by atoms with E-state index in [-0.39, 0.29) is 0 Å². The number of benzene rings is 1. The number of nitrogens with zero attached hydrogens (tertiary/aromatic N) is 2. The Bertz CT molecular complexity index is 532. The molecular formula is C14H17N3O2. The first kappa shape index (κ1) is 12.2. The molecule has 1 aliphatic carbocycles. The van der Waals surface area contributed by atoms with Gasteiger partial charge < -0.3 is 14.6 Å². The van der Waals surface area contributed by atoms with Crippen LogP contribution in [0.2, 0.25) is 0 Å². The van der Waals surface area contributed by atoms with Gasteiger partial charge >= 0.3 is 0 Å². The molecule has 19 heavy (non-hydrogen) atoms. The number of hydrogen-bond donors (Lipinski definition) is 1. The molecule has 1 N–H and O–H groups in total. The fraction of sp³-hybridized carbons (Fsp3) is 0.429. The van der Waals surface area contributed by atoms with Crippen LogP contribution in [0.4, 0.5) is 0 Å². The Labute approximate surface area is 112 Å². The predicted octanol–water partition coefficient (Wildman–Crippen LogP) is 2.21. The minimum atomic E-state index is 0.306. The van der Waals surface area contributed by atoms with E-state index in [1.807, 2.05) is 12.1 Å². The largest absolute Gasteiger partial charge is 0.484 e. The summed E-state index contributed by atoms with van der Waals surface area (Å²) < 4.78 is 10.6. The first-order valence-electron chi connectivity index (χ1n) is 6.54. The molecule has 0 unspecified atom stereocenters. The molecule has 1 fully saturated rings. The number of aryl methyl sites for hydroxylation is 1. The van der Waals surface area contributed by atoms with Crippen LogP contribution in [0.1, 0.15) is 30.1 Å². The van der Waals surface area contributed by atoms with Crippen molar-refractivity contribution in [2.24, 2.45) is 0 Å². The highest BCUT2D eigenvalue weighted by molar-refractivity contribution is 5.27. The second-order valence-electron chi connectivity index (χ2n) is 4.82. The molecule has 100 valence electrons. The monoisotopic (exact) mass is 259 g/mol. The summed E-state index contributed by atoms with van der Waals surface area (Å²) >= 11 is 0.